The zero-order valence-electron chi connectivity index (χ0n) is 8.19. The second-order valence-electron chi connectivity index (χ2n) is 3.06. The Bertz CT molecular complexity index is 308. The SMILES string of the molecule is CC(C)Oc1ccc(SC(N)=O)cc1. The van der Waals surface area contributed by atoms with Gasteiger partial charge in [0, 0.05) is 4.90 Å². The molecule has 0 fully saturated rings. The Morgan fingerprint density at radius 2 is 1.93 bits per heavy atom. The highest BCUT2D eigenvalue weighted by molar-refractivity contribution is 8.13. The van der Waals surface area contributed by atoms with Crippen molar-refractivity contribution in [2.45, 2.75) is 24.8 Å². The van der Waals surface area contributed by atoms with E-state index in [2.05, 4.69) is 0 Å². The smallest absolute Gasteiger partial charge is 0.281 e. The van der Waals surface area contributed by atoms with Crippen molar-refractivity contribution in [1.29, 1.82) is 0 Å². The van der Waals surface area contributed by atoms with Gasteiger partial charge in [0.2, 0.25) is 0 Å². The number of rotatable bonds is 3. The van der Waals surface area contributed by atoms with Crippen molar-refractivity contribution >= 4 is 17.0 Å². The highest BCUT2D eigenvalue weighted by atomic mass is 32.2. The largest absolute Gasteiger partial charge is 0.491 e. The van der Waals surface area contributed by atoms with Crippen LogP contribution in [0.2, 0.25) is 0 Å². The average molecular weight is 211 g/mol. The maximum atomic E-state index is 10.6. The molecule has 0 saturated carbocycles. The molecule has 0 aliphatic carbocycles. The molecule has 0 spiro atoms. The Balaban J connectivity index is 2.63. The lowest BCUT2D eigenvalue weighted by atomic mass is 10.3. The van der Waals surface area contributed by atoms with Crippen LogP contribution >= 0.6 is 11.8 Å². The molecule has 4 heteroatoms. The van der Waals surface area contributed by atoms with E-state index < -0.39 is 5.24 Å². The van der Waals surface area contributed by atoms with Crippen LogP contribution in [-0.2, 0) is 0 Å². The summed E-state index contributed by atoms with van der Waals surface area (Å²) in [5, 5.41) is -0.400. The zero-order chi connectivity index (χ0) is 10.6. The molecular formula is C10H13NO2S. The average Bonchev–Trinajstić information content (AvgIpc) is 2.06. The molecule has 1 aromatic carbocycles. The van der Waals surface area contributed by atoms with Crippen molar-refractivity contribution in [3.8, 4) is 5.75 Å². The lowest BCUT2D eigenvalue weighted by Gasteiger charge is -2.09. The third-order valence-corrected chi connectivity index (χ3v) is 2.12. The molecule has 0 aliphatic rings. The van der Waals surface area contributed by atoms with E-state index in [-0.39, 0.29) is 6.10 Å². The Hall–Kier alpha value is -1.16. The molecule has 0 bridgehead atoms. The molecule has 0 atom stereocenters. The summed E-state index contributed by atoms with van der Waals surface area (Å²) in [4.78, 5) is 11.4. The van der Waals surface area contributed by atoms with Gasteiger partial charge in [-0.2, -0.15) is 0 Å². The summed E-state index contributed by atoms with van der Waals surface area (Å²) in [5.41, 5.74) is 5.04. The van der Waals surface area contributed by atoms with Gasteiger partial charge in [-0.15, -0.1) is 0 Å². The maximum absolute atomic E-state index is 10.6. The number of carbonyl (C=O) groups excluding carboxylic acids is 1. The highest BCUT2D eigenvalue weighted by Crippen LogP contribution is 2.21. The van der Waals surface area contributed by atoms with Gasteiger partial charge in [0.15, 0.2) is 0 Å². The van der Waals surface area contributed by atoms with Crippen LogP contribution in [0.15, 0.2) is 29.2 Å². The zero-order valence-corrected chi connectivity index (χ0v) is 9.01. The minimum atomic E-state index is -0.400. The molecule has 14 heavy (non-hydrogen) atoms. The standard InChI is InChI=1S/C10H13NO2S/c1-7(2)13-8-3-5-9(6-4-8)14-10(11)12/h3-7H,1-2H3,(H2,11,12). The summed E-state index contributed by atoms with van der Waals surface area (Å²) < 4.78 is 5.45. The van der Waals surface area contributed by atoms with Gasteiger partial charge in [0.25, 0.3) is 5.24 Å². The van der Waals surface area contributed by atoms with Crippen molar-refractivity contribution in [1.82, 2.24) is 0 Å². The van der Waals surface area contributed by atoms with E-state index >= 15 is 0 Å². The highest BCUT2D eigenvalue weighted by Gasteiger charge is 2.00. The monoisotopic (exact) mass is 211 g/mol. The molecular weight excluding hydrogens is 198 g/mol. The summed E-state index contributed by atoms with van der Waals surface area (Å²) in [7, 11) is 0. The van der Waals surface area contributed by atoms with Crippen LogP contribution in [0.25, 0.3) is 0 Å². The lowest BCUT2D eigenvalue weighted by Crippen LogP contribution is -2.05. The Morgan fingerprint density at radius 3 is 2.36 bits per heavy atom. The molecule has 0 heterocycles. The molecule has 0 saturated heterocycles. The van der Waals surface area contributed by atoms with Gasteiger partial charge in [-0.1, -0.05) is 0 Å². The first-order chi connectivity index (χ1) is 6.58. The van der Waals surface area contributed by atoms with Crippen molar-refractivity contribution in [3.05, 3.63) is 24.3 Å². The van der Waals surface area contributed by atoms with Crippen LogP contribution in [0.3, 0.4) is 0 Å². The molecule has 0 aromatic heterocycles. The second kappa shape index (κ2) is 4.91. The molecule has 0 radical (unpaired) electrons. The number of hydrogen-bond acceptors (Lipinski definition) is 3. The molecule has 1 amide bonds. The third-order valence-electron chi connectivity index (χ3n) is 1.41. The van der Waals surface area contributed by atoms with E-state index in [1.807, 2.05) is 38.1 Å². The minimum Gasteiger partial charge on any atom is -0.491 e. The molecule has 0 aliphatic heterocycles. The summed E-state index contributed by atoms with van der Waals surface area (Å²) in [6.45, 7) is 3.93. The van der Waals surface area contributed by atoms with Gasteiger partial charge < -0.3 is 10.5 Å². The fourth-order valence-electron chi connectivity index (χ4n) is 0.975. The van der Waals surface area contributed by atoms with E-state index in [1.165, 1.54) is 0 Å². The minimum absolute atomic E-state index is 0.157. The van der Waals surface area contributed by atoms with Gasteiger partial charge in [-0.25, -0.2) is 0 Å². The van der Waals surface area contributed by atoms with E-state index in [0.29, 0.717) is 0 Å². The summed E-state index contributed by atoms with van der Waals surface area (Å²) in [5.74, 6) is 0.800. The molecule has 3 nitrogen and oxygen atoms in total. The van der Waals surface area contributed by atoms with Crippen LogP contribution in [0.1, 0.15) is 13.8 Å². The first-order valence-corrected chi connectivity index (χ1v) is 5.13. The number of carbonyl (C=O) groups is 1. The van der Waals surface area contributed by atoms with Crippen LogP contribution < -0.4 is 10.5 Å². The van der Waals surface area contributed by atoms with Crippen LogP contribution in [0.5, 0.6) is 5.75 Å². The van der Waals surface area contributed by atoms with Crippen molar-refractivity contribution in [3.63, 3.8) is 0 Å². The molecule has 2 N–H and O–H groups in total. The van der Waals surface area contributed by atoms with Crippen LogP contribution in [0, 0.1) is 0 Å². The normalized spacial score (nSPS) is 10.2. The number of primary amides is 1. The van der Waals surface area contributed by atoms with Gasteiger partial charge >= 0.3 is 0 Å². The number of ether oxygens (including phenoxy) is 1. The molecule has 1 aromatic rings. The van der Waals surface area contributed by atoms with Gasteiger partial charge in [-0.3, -0.25) is 4.79 Å². The van der Waals surface area contributed by atoms with Gasteiger partial charge in [-0.05, 0) is 49.9 Å². The third kappa shape index (κ3) is 3.70. The number of thioether (sulfide) groups is 1. The topological polar surface area (TPSA) is 52.3 Å². The molecule has 1 rings (SSSR count). The maximum Gasteiger partial charge on any atom is 0.281 e. The molecule has 76 valence electrons. The predicted molar refractivity (Wildman–Crippen MR) is 57.6 cm³/mol. The Morgan fingerprint density at radius 1 is 1.36 bits per heavy atom. The van der Waals surface area contributed by atoms with E-state index in [9.17, 15) is 4.79 Å². The van der Waals surface area contributed by atoms with Crippen molar-refractivity contribution in [2.75, 3.05) is 0 Å². The summed E-state index contributed by atoms with van der Waals surface area (Å²) in [6, 6.07) is 7.27. The van der Waals surface area contributed by atoms with Crippen LogP contribution in [-0.4, -0.2) is 11.3 Å². The van der Waals surface area contributed by atoms with Crippen molar-refractivity contribution in [2.24, 2.45) is 5.73 Å². The van der Waals surface area contributed by atoms with Crippen molar-refractivity contribution < 1.29 is 9.53 Å². The first-order valence-electron chi connectivity index (χ1n) is 4.32. The predicted octanol–water partition coefficient (Wildman–Crippen LogP) is 2.64. The number of hydrogen-bond donors (Lipinski definition) is 1. The van der Waals surface area contributed by atoms with Gasteiger partial charge in [0.1, 0.15) is 5.75 Å². The Labute approximate surface area is 87.6 Å². The number of benzene rings is 1. The second-order valence-corrected chi connectivity index (χ2v) is 4.14. The van der Waals surface area contributed by atoms with Crippen LogP contribution in [0.4, 0.5) is 4.79 Å². The number of amides is 1. The summed E-state index contributed by atoms with van der Waals surface area (Å²) >= 11 is 1.01. The fraction of sp³-hybridized carbons (Fsp3) is 0.300. The first kappa shape index (κ1) is 10.9. The Kier molecular flexibility index (Phi) is 3.83. The molecule has 0 unspecified atom stereocenters. The fourth-order valence-corrected chi connectivity index (χ4v) is 1.48. The van der Waals surface area contributed by atoms with E-state index in [1.54, 1.807) is 0 Å². The van der Waals surface area contributed by atoms with E-state index in [0.717, 1.165) is 22.4 Å². The van der Waals surface area contributed by atoms with E-state index in [4.69, 9.17) is 10.5 Å². The number of nitrogens with two attached hydrogens (primary N) is 1. The lowest BCUT2D eigenvalue weighted by molar-refractivity contribution is 0.242. The van der Waals surface area contributed by atoms with Gasteiger partial charge in [0.05, 0.1) is 6.10 Å². The quantitative estimate of drug-likeness (QED) is 0.782. The summed E-state index contributed by atoms with van der Waals surface area (Å²) in [6.07, 6.45) is 0.157.